The third-order valence-electron chi connectivity index (χ3n) is 6.04. The van der Waals surface area contributed by atoms with Crippen molar-refractivity contribution >= 4 is 17.1 Å². The van der Waals surface area contributed by atoms with Gasteiger partial charge in [-0.05, 0) is 78.9 Å². The van der Waals surface area contributed by atoms with Gasteiger partial charge in [0, 0.05) is 30.0 Å². The van der Waals surface area contributed by atoms with Crippen molar-refractivity contribution in [1.82, 2.24) is 19.6 Å². The molecule has 0 saturated heterocycles. The van der Waals surface area contributed by atoms with Gasteiger partial charge in [0.15, 0.2) is 0 Å². The van der Waals surface area contributed by atoms with Crippen molar-refractivity contribution in [2.24, 2.45) is 0 Å². The number of rotatable bonds is 3. The molecule has 0 saturated carbocycles. The molecule has 0 bridgehead atoms. The topological polar surface area (TPSA) is 38.9 Å². The first kappa shape index (κ1) is 18.6. The average Bonchev–Trinajstić information content (AvgIpc) is 3.48. The van der Waals surface area contributed by atoms with Crippen LogP contribution in [0.15, 0.2) is 97.6 Å². The molecule has 3 heterocycles. The van der Waals surface area contributed by atoms with E-state index < -0.39 is 0 Å². The van der Waals surface area contributed by atoms with Crippen LogP contribution in [0.5, 0.6) is 0 Å². The van der Waals surface area contributed by atoms with E-state index in [4.69, 9.17) is 0 Å². The Morgan fingerprint density at radius 3 is 2.31 bits per heavy atom. The summed E-state index contributed by atoms with van der Waals surface area (Å²) in [6, 6.07) is 25.9. The van der Waals surface area contributed by atoms with Crippen LogP contribution in [-0.2, 0) is 12.8 Å². The number of anilines is 3. The Morgan fingerprint density at radius 2 is 1.50 bits per heavy atom. The molecular formula is C27H23N5. The maximum atomic E-state index is 4.53. The van der Waals surface area contributed by atoms with Crippen LogP contribution in [0.4, 0.5) is 17.1 Å². The summed E-state index contributed by atoms with van der Waals surface area (Å²) in [6.45, 7) is 2.07. The highest BCUT2D eigenvalue weighted by Gasteiger charge is 2.23. The van der Waals surface area contributed by atoms with Crippen LogP contribution in [0.2, 0.25) is 0 Å². The molecule has 1 aliphatic heterocycles. The highest BCUT2D eigenvalue weighted by Crippen LogP contribution is 2.42. The van der Waals surface area contributed by atoms with Gasteiger partial charge in [-0.25, -0.2) is 9.36 Å². The number of para-hydroxylation sites is 1. The van der Waals surface area contributed by atoms with Crippen molar-refractivity contribution in [3.8, 4) is 11.4 Å². The lowest BCUT2D eigenvalue weighted by Gasteiger charge is -2.28. The number of hydrogen-bond donors (Lipinski definition) is 0. The fourth-order valence-electron chi connectivity index (χ4n) is 4.48. The zero-order valence-corrected chi connectivity index (χ0v) is 17.9. The number of hydrogen-bond acceptors (Lipinski definition) is 3. The van der Waals surface area contributed by atoms with Crippen molar-refractivity contribution in [2.75, 3.05) is 4.90 Å². The first-order valence-corrected chi connectivity index (χ1v) is 10.9. The maximum absolute atomic E-state index is 4.53. The minimum absolute atomic E-state index is 1.00. The number of aryl methyl sites for hydroxylation is 3. The average molecular weight is 418 g/mol. The van der Waals surface area contributed by atoms with Gasteiger partial charge < -0.3 is 4.90 Å². The molecule has 5 nitrogen and oxygen atoms in total. The number of nitrogens with zero attached hydrogens (tertiary/aromatic N) is 5. The zero-order chi connectivity index (χ0) is 21.5. The fraction of sp³-hybridized carbons (Fsp3) is 0.111. The molecule has 5 aromatic rings. The molecule has 5 heteroatoms. The summed E-state index contributed by atoms with van der Waals surface area (Å²) in [4.78, 5) is 2.38. The van der Waals surface area contributed by atoms with Gasteiger partial charge in [-0.15, -0.1) is 0 Å². The molecule has 156 valence electrons. The predicted octanol–water partition coefficient (Wildman–Crippen LogP) is 5.93. The van der Waals surface area contributed by atoms with E-state index in [0.29, 0.717) is 0 Å². The molecule has 0 spiro atoms. The van der Waals surface area contributed by atoms with Crippen molar-refractivity contribution in [3.05, 3.63) is 114 Å². The van der Waals surface area contributed by atoms with Crippen LogP contribution in [-0.4, -0.2) is 19.6 Å². The Kier molecular flexibility index (Phi) is 4.39. The smallest absolute Gasteiger partial charge is 0.0666 e. The number of aromatic nitrogens is 4. The van der Waals surface area contributed by atoms with Gasteiger partial charge in [-0.1, -0.05) is 30.3 Å². The summed E-state index contributed by atoms with van der Waals surface area (Å²) in [5.41, 5.74) is 9.45. The van der Waals surface area contributed by atoms with Gasteiger partial charge in [-0.2, -0.15) is 10.2 Å². The maximum Gasteiger partial charge on any atom is 0.0666 e. The van der Waals surface area contributed by atoms with E-state index in [1.807, 2.05) is 34.0 Å². The predicted molar refractivity (Wildman–Crippen MR) is 128 cm³/mol. The first-order valence-electron chi connectivity index (χ1n) is 10.9. The Bertz CT molecular complexity index is 1400. The van der Waals surface area contributed by atoms with E-state index in [2.05, 4.69) is 94.9 Å². The van der Waals surface area contributed by atoms with E-state index >= 15 is 0 Å². The summed E-state index contributed by atoms with van der Waals surface area (Å²) in [6.07, 6.45) is 9.75. The molecular weight excluding hydrogens is 394 g/mol. The third-order valence-corrected chi connectivity index (χ3v) is 6.04. The van der Waals surface area contributed by atoms with E-state index in [1.165, 1.54) is 22.5 Å². The second-order valence-electron chi connectivity index (χ2n) is 8.21. The molecule has 1 aliphatic rings. The highest BCUT2D eigenvalue weighted by molar-refractivity contribution is 5.83. The quantitative estimate of drug-likeness (QED) is 0.365. The van der Waals surface area contributed by atoms with Crippen molar-refractivity contribution in [1.29, 1.82) is 0 Å². The molecule has 0 aliphatic carbocycles. The van der Waals surface area contributed by atoms with Gasteiger partial charge in [0.2, 0.25) is 0 Å². The molecule has 0 unspecified atom stereocenters. The Labute approximate surface area is 187 Å². The standard InChI is InChI=1S/C27H23N5/c1-20-18-29-31(19-20)24-13-12-22-11-10-21-6-2-3-9-26(21)32(27(22)17-24)25-8-4-7-23(16-25)30-15-5-14-28-30/h2-9,12-19H,10-11H2,1H3. The second kappa shape index (κ2) is 7.54. The SMILES string of the molecule is Cc1cnn(-c2ccc3c(c2)N(c2cccc(-n4cccn4)c2)c2ccccc2CC3)c1. The molecule has 0 N–H and O–H groups in total. The van der Waals surface area contributed by atoms with E-state index in [-0.39, 0.29) is 0 Å². The molecule has 0 atom stereocenters. The van der Waals surface area contributed by atoms with Gasteiger partial charge in [0.25, 0.3) is 0 Å². The minimum Gasteiger partial charge on any atom is -0.310 e. The number of benzene rings is 3. The zero-order valence-electron chi connectivity index (χ0n) is 17.9. The van der Waals surface area contributed by atoms with Crippen molar-refractivity contribution in [3.63, 3.8) is 0 Å². The lowest BCUT2D eigenvalue weighted by atomic mass is 10.0. The van der Waals surface area contributed by atoms with Gasteiger partial charge in [0.1, 0.15) is 0 Å². The molecule has 2 aromatic heterocycles. The van der Waals surface area contributed by atoms with Gasteiger partial charge in [-0.3, -0.25) is 0 Å². The Balaban J connectivity index is 1.56. The van der Waals surface area contributed by atoms with E-state index in [1.54, 1.807) is 0 Å². The fourth-order valence-corrected chi connectivity index (χ4v) is 4.48. The van der Waals surface area contributed by atoms with Crippen LogP contribution in [0.1, 0.15) is 16.7 Å². The molecule has 0 fully saturated rings. The molecule has 32 heavy (non-hydrogen) atoms. The summed E-state index contributed by atoms with van der Waals surface area (Å²) >= 11 is 0. The summed E-state index contributed by atoms with van der Waals surface area (Å²) < 4.78 is 3.85. The monoisotopic (exact) mass is 417 g/mol. The summed E-state index contributed by atoms with van der Waals surface area (Å²) in [5.74, 6) is 0. The Morgan fingerprint density at radius 1 is 0.688 bits per heavy atom. The Hall–Kier alpha value is -4.12. The molecule has 6 rings (SSSR count). The normalized spacial score (nSPS) is 12.8. The highest BCUT2D eigenvalue weighted by atomic mass is 15.3. The van der Waals surface area contributed by atoms with E-state index in [9.17, 15) is 0 Å². The van der Waals surface area contributed by atoms with Crippen molar-refractivity contribution < 1.29 is 0 Å². The van der Waals surface area contributed by atoms with Crippen LogP contribution in [0, 0.1) is 6.92 Å². The van der Waals surface area contributed by atoms with Crippen LogP contribution in [0.3, 0.4) is 0 Å². The minimum atomic E-state index is 1.00. The molecule has 0 radical (unpaired) electrons. The second-order valence-corrected chi connectivity index (χ2v) is 8.21. The van der Waals surface area contributed by atoms with E-state index in [0.717, 1.165) is 35.5 Å². The van der Waals surface area contributed by atoms with Crippen LogP contribution in [0.25, 0.3) is 11.4 Å². The van der Waals surface area contributed by atoms with Gasteiger partial charge >= 0.3 is 0 Å². The molecule has 3 aromatic carbocycles. The van der Waals surface area contributed by atoms with Crippen LogP contribution >= 0.6 is 0 Å². The van der Waals surface area contributed by atoms with Crippen LogP contribution < -0.4 is 4.90 Å². The third kappa shape index (κ3) is 3.19. The number of fused-ring (bicyclic) bond motifs is 2. The van der Waals surface area contributed by atoms with Gasteiger partial charge in [0.05, 0.1) is 23.3 Å². The largest absolute Gasteiger partial charge is 0.310 e. The summed E-state index contributed by atoms with van der Waals surface area (Å²) in [7, 11) is 0. The first-order chi connectivity index (χ1) is 15.8. The molecule has 0 amide bonds. The van der Waals surface area contributed by atoms with Crippen molar-refractivity contribution in [2.45, 2.75) is 19.8 Å². The lowest BCUT2D eigenvalue weighted by Crippen LogP contribution is -2.13. The lowest BCUT2D eigenvalue weighted by molar-refractivity contribution is 0.877. The summed E-state index contributed by atoms with van der Waals surface area (Å²) in [5, 5.41) is 8.96.